The average Bonchev–Trinajstić information content (AvgIpc) is 3.17. The molecule has 0 bridgehead atoms. The minimum atomic E-state index is -0.369. The third-order valence-electron chi connectivity index (χ3n) is 5.03. The molecule has 3 N–H and O–H groups in total. The van der Waals surface area contributed by atoms with Gasteiger partial charge in [0.15, 0.2) is 0 Å². The Hall–Kier alpha value is -2.62. The fourth-order valence-corrected chi connectivity index (χ4v) is 4.46. The van der Waals surface area contributed by atoms with Crippen molar-refractivity contribution in [1.82, 2.24) is 21.1 Å². The van der Waals surface area contributed by atoms with Crippen LogP contribution in [0.1, 0.15) is 27.4 Å². The van der Waals surface area contributed by atoms with Gasteiger partial charge in [-0.05, 0) is 35.4 Å². The van der Waals surface area contributed by atoms with Gasteiger partial charge in [0.1, 0.15) is 17.5 Å². The third kappa shape index (κ3) is 4.21. The van der Waals surface area contributed by atoms with Crippen LogP contribution in [-0.4, -0.2) is 42.3 Å². The van der Waals surface area contributed by atoms with Crippen LogP contribution in [-0.2, 0) is 10.5 Å². The van der Waals surface area contributed by atoms with Crippen molar-refractivity contribution >= 4 is 23.8 Å². The monoisotopic (exact) mass is 416 g/mol. The van der Waals surface area contributed by atoms with Crippen LogP contribution in [0.15, 0.2) is 48.5 Å². The van der Waals surface area contributed by atoms with Crippen LogP contribution in [0.3, 0.4) is 0 Å². The lowest BCUT2D eigenvalue weighted by Crippen LogP contribution is -2.65. The average molecular weight is 416 g/mol. The molecule has 2 aromatic carbocycles. The molecule has 2 saturated heterocycles. The zero-order valence-electron chi connectivity index (χ0n) is 15.7. The van der Waals surface area contributed by atoms with Gasteiger partial charge in [-0.25, -0.2) is 24.4 Å². The van der Waals surface area contributed by atoms with Crippen molar-refractivity contribution in [2.75, 3.05) is 13.7 Å². The number of benzene rings is 2. The smallest absolute Gasteiger partial charge is 0.337 e. The number of carbonyl (C=O) groups is 2. The Kier molecular flexibility index (Phi) is 5.70. The highest BCUT2D eigenvalue weighted by Crippen LogP contribution is 2.30. The Balaban J connectivity index is 1.40. The highest BCUT2D eigenvalue weighted by atomic mass is 32.2. The van der Waals surface area contributed by atoms with E-state index in [0.29, 0.717) is 17.9 Å². The van der Waals surface area contributed by atoms with Crippen LogP contribution < -0.4 is 16.1 Å². The second-order valence-corrected chi connectivity index (χ2v) is 7.92. The molecule has 2 heterocycles. The number of esters is 1. The van der Waals surface area contributed by atoms with Crippen molar-refractivity contribution in [1.29, 1.82) is 0 Å². The molecule has 0 radical (unpaired) electrons. The van der Waals surface area contributed by atoms with Gasteiger partial charge >= 0.3 is 12.0 Å². The Morgan fingerprint density at radius 1 is 1.21 bits per heavy atom. The fourth-order valence-electron chi connectivity index (χ4n) is 3.49. The third-order valence-corrected chi connectivity index (χ3v) is 6.11. The van der Waals surface area contributed by atoms with E-state index in [9.17, 15) is 14.0 Å². The molecule has 2 fully saturated rings. The molecule has 0 saturated carbocycles. The standard InChI is InChI=1S/C20H21FN4O3S/c1-28-18(26)14-4-2-12(3-5-14)11-29-19-23-17-16(10-22-25(17)20(27)24-19)13-6-8-15(21)9-7-13/h2-9,16-17,19,22-23H,10-11H2,1H3,(H,24,27). The van der Waals surface area contributed by atoms with Crippen molar-refractivity contribution in [3.63, 3.8) is 0 Å². The zero-order chi connectivity index (χ0) is 20.4. The molecular weight excluding hydrogens is 395 g/mol. The largest absolute Gasteiger partial charge is 0.465 e. The van der Waals surface area contributed by atoms with Gasteiger partial charge in [-0.1, -0.05) is 24.3 Å². The number of methoxy groups -OCH3 is 1. The summed E-state index contributed by atoms with van der Waals surface area (Å²) in [4.78, 5) is 24.0. The second-order valence-electron chi connectivity index (χ2n) is 6.83. The van der Waals surface area contributed by atoms with Gasteiger partial charge in [-0.2, -0.15) is 0 Å². The molecule has 0 aliphatic carbocycles. The summed E-state index contributed by atoms with van der Waals surface area (Å²) in [5.74, 6) is 0.0218. The summed E-state index contributed by atoms with van der Waals surface area (Å²) in [6.07, 6.45) is -0.228. The molecule has 9 heteroatoms. The van der Waals surface area contributed by atoms with Crippen LogP contribution in [0.5, 0.6) is 0 Å². The summed E-state index contributed by atoms with van der Waals surface area (Å²) in [7, 11) is 1.35. The highest BCUT2D eigenvalue weighted by molar-refractivity contribution is 7.99. The Morgan fingerprint density at radius 3 is 2.62 bits per heavy atom. The minimum absolute atomic E-state index is 0.0177. The number of hydrogen-bond donors (Lipinski definition) is 3. The van der Waals surface area contributed by atoms with Crippen LogP contribution in [0.2, 0.25) is 0 Å². The molecule has 3 unspecified atom stereocenters. The lowest BCUT2D eigenvalue weighted by atomic mass is 9.97. The number of rotatable bonds is 5. The van der Waals surface area contributed by atoms with Gasteiger partial charge in [0.2, 0.25) is 0 Å². The number of hydrogen-bond acceptors (Lipinski definition) is 6. The fraction of sp³-hybridized carbons (Fsp3) is 0.300. The number of carbonyl (C=O) groups excluding carboxylic acids is 2. The van der Waals surface area contributed by atoms with E-state index in [1.165, 1.54) is 19.2 Å². The number of amides is 2. The number of nitrogens with one attached hydrogen (secondary N) is 3. The molecule has 7 nitrogen and oxygen atoms in total. The molecule has 0 aromatic heterocycles. The van der Waals surface area contributed by atoms with Crippen molar-refractivity contribution in [2.24, 2.45) is 0 Å². The van der Waals surface area contributed by atoms with E-state index in [1.807, 2.05) is 12.1 Å². The lowest BCUT2D eigenvalue weighted by Gasteiger charge is -2.37. The first kappa shape index (κ1) is 19.7. The van der Waals surface area contributed by atoms with Crippen LogP contribution in [0.4, 0.5) is 9.18 Å². The number of thioether (sulfide) groups is 1. The molecule has 4 rings (SSSR count). The first-order valence-corrected chi connectivity index (χ1v) is 10.2. The molecule has 29 heavy (non-hydrogen) atoms. The minimum Gasteiger partial charge on any atom is -0.465 e. The van der Waals surface area contributed by atoms with Crippen molar-refractivity contribution < 1.29 is 18.7 Å². The maximum absolute atomic E-state index is 13.2. The van der Waals surface area contributed by atoms with E-state index >= 15 is 0 Å². The summed E-state index contributed by atoms with van der Waals surface area (Å²) in [6, 6.07) is 13.4. The quantitative estimate of drug-likeness (QED) is 0.650. The van der Waals surface area contributed by atoms with Gasteiger partial charge in [-0.3, -0.25) is 5.32 Å². The van der Waals surface area contributed by atoms with Crippen LogP contribution in [0.25, 0.3) is 0 Å². The first-order valence-electron chi connectivity index (χ1n) is 9.19. The predicted molar refractivity (Wildman–Crippen MR) is 107 cm³/mol. The van der Waals surface area contributed by atoms with Crippen LogP contribution >= 0.6 is 11.8 Å². The molecular formula is C20H21FN4O3S. The number of fused-ring (bicyclic) bond motifs is 1. The Morgan fingerprint density at radius 2 is 1.93 bits per heavy atom. The maximum atomic E-state index is 13.2. The molecule has 2 aromatic rings. The van der Waals surface area contributed by atoms with Crippen LogP contribution in [0, 0.1) is 5.82 Å². The van der Waals surface area contributed by atoms with Crippen molar-refractivity contribution in [3.8, 4) is 0 Å². The SMILES string of the molecule is COC(=O)c1ccc(CSC2NC(=O)N3NCC(c4ccc(F)cc4)C3N2)cc1. The molecule has 2 aliphatic rings. The topological polar surface area (TPSA) is 82.7 Å². The summed E-state index contributed by atoms with van der Waals surface area (Å²) in [6.45, 7) is 0.586. The second kappa shape index (κ2) is 8.40. The lowest BCUT2D eigenvalue weighted by molar-refractivity contribution is 0.0600. The van der Waals surface area contributed by atoms with E-state index in [2.05, 4.69) is 16.1 Å². The Labute approximate surface area is 172 Å². The number of hydrazine groups is 1. The number of halogens is 1. The summed E-state index contributed by atoms with van der Waals surface area (Å²) in [5, 5.41) is 7.92. The molecule has 3 atom stereocenters. The maximum Gasteiger partial charge on any atom is 0.337 e. The van der Waals surface area contributed by atoms with E-state index < -0.39 is 0 Å². The van der Waals surface area contributed by atoms with Gasteiger partial charge in [-0.15, -0.1) is 11.8 Å². The normalized spacial score (nSPS) is 23.4. The van der Waals surface area contributed by atoms with E-state index in [1.54, 1.807) is 41.0 Å². The summed E-state index contributed by atoms with van der Waals surface area (Å²) in [5.41, 5.74) is 5.33. The molecule has 152 valence electrons. The van der Waals surface area contributed by atoms with E-state index in [0.717, 1.165) is 11.1 Å². The van der Waals surface area contributed by atoms with Gasteiger partial charge in [0.05, 0.1) is 12.7 Å². The number of ether oxygens (including phenoxy) is 1. The molecule has 0 spiro atoms. The van der Waals surface area contributed by atoms with Gasteiger partial charge in [0.25, 0.3) is 0 Å². The number of urea groups is 1. The Bertz CT molecular complexity index is 894. The predicted octanol–water partition coefficient (Wildman–Crippen LogP) is 2.37. The van der Waals surface area contributed by atoms with Crippen molar-refractivity contribution in [3.05, 3.63) is 71.0 Å². The molecule has 2 aliphatic heterocycles. The van der Waals surface area contributed by atoms with Gasteiger partial charge in [0, 0.05) is 18.2 Å². The van der Waals surface area contributed by atoms with E-state index in [4.69, 9.17) is 4.74 Å². The first-order chi connectivity index (χ1) is 14.0. The van der Waals surface area contributed by atoms with Gasteiger partial charge < -0.3 is 10.1 Å². The summed E-state index contributed by atoms with van der Waals surface area (Å²) >= 11 is 1.55. The highest BCUT2D eigenvalue weighted by Gasteiger charge is 2.43. The number of nitrogens with zero attached hydrogens (tertiary/aromatic N) is 1. The van der Waals surface area contributed by atoms with E-state index in [-0.39, 0.29) is 35.4 Å². The van der Waals surface area contributed by atoms with Crippen molar-refractivity contribution in [2.45, 2.75) is 23.3 Å². The summed E-state index contributed by atoms with van der Waals surface area (Å²) < 4.78 is 18.0. The molecule has 2 amide bonds. The zero-order valence-corrected chi connectivity index (χ0v) is 16.5.